The molecule has 0 spiro atoms. The molecule has 1 N–H and O–H groups in total. The number of carbonyl (C=O) groups excluding carboxylic acids is 2. The third-order valence-electron chi connectivity index (χ3n) is 6.10. The van der Waals surface area contributed by atoms with Gasteiger partial charge >= 0.3 is 0 Å². The molecule has 6 nitrogen and oxygen atoms in total. The zero-order valence-corrected chi connectivity index (χ0v) is 18.0. The number of hydrogen-bond donors (Lipinski definition) is 1. The summed E-state index contributed by atoms with van der Waals surface area (Å²) in [5, 5.41) is 2.64. The van der Waals surface area contributed by atoms with Crippen molar-refractivity contribution in [3.8, 4) is 0 Å². The molecule has 0 saturated carbocycles. The molecule has 2 heterocycles. The van der Waals surface area contributed by atoms with Gasteiger partial charge in [0.05, 0.1) is 12.6 Å². The Kier molecular flexibility index (Phi) is 7.41. The fourth-order valence-electron chi connectivity index (χ4n) is 4.45. The van der Waals surface area contributed by atoms with E-state index in [0.717, 1.165) is 25.2 Å². The van der Waals surface area contributed by atoms with Crippen molar-refractivity contribution in [1.29, 1.82) is 0 Å². The highest BCUT2D eigenvalue weighted by Crippen LogP contribution is 2.21. The summed E-state index contributed by atoms with van der Waals surface area (Å²) >= 11 is 0. The summed E-state index contributed by atoms with van der Waals surface area (Å²) in [4.78, 5) is 31.4. The van der Waals surface area contributed by atoms with Crippen molar-refractivity contribution in [2.24, 2.45) is 11.8 Å². The van der Waals surface area contributed by atoms with Crippen molar-refractivity contribution >= 4 is 17.5 Å². The first kappa shape index (κ1) is 22.6. The molecule has 2 fully saturated rings. The molecule has 30 heavy (non-hydrogen) atoms. The van der Waals surface area contributed by atoms with Crippen LogP contribution in [0.4, 0.5) is 14.5 Å². The van der Waals surface area contributed by atoms with Crippen molar-refractivity contribution in [2.45, 2.75) is 33.2 Å². The second-order valence-electron chi connectivity index (χ2n) is 8.85. The van der Waals surface area contributed by atoms with E-state index in [9.17, 15) is 18.4 Å². The van der Waals surface area contributed by atoms with Gasteiger partial charge in [0.15, 0.2) is 11.6 Å². The lowest BCUT2D eigenvalue weighted by Crippen LogP contribution is -2.55. The monoisotopic (exact) mass is 422 g/mol. The van der Waals surface area contributed by atoms with Crippen LogP contribution in [0.1, 0.15) is 27.2 Å². The van der Waals surface area contributed by atoms with Gasteiger partial charge in [0.2, 0.25) is 11.8 Å². The SMILES string of the molecule is CC1CC(C)CN(C(=O)CN2CCN(C(C)C(=O)Nc3ccc(F)c(F)c3)CC2)C1. The molecule has 2 aliphatic rings. The fraction of sp³-hybridized carbons (Fsp3) is 0.636. The predicted molar refractivity (Wildman–Crippen MR) is 112 cm³/mol. The summed E-state index contributed by atoms with van der Waals surface area (Å²) in [6.45, 7) is 11.1. The summed E-state index contributed by atoms with van der Waals surface area (Å²) in [5.41, 5.74) is 0.236. The molecule has 8 heteroatoms. The number of rotatable bonds is 5. The Labute approximate surface area is 177 Å². The standard InChI is InChI=1S/C22H32F2N4O2/c1-15-10-16(2)13-28(12-15)21(29)14-26-6-8-27(9-7-26)17(3)22(30)25-18-4-5-19(23)20(24)11-18/h4-5,11,15-17H,6-10,12-14H2,1-3H3,(H,25,30). The van der Waals surface area contributed by atoms with Gasteiger partial charge in [0.25, 0.3) is 0 Å². The van der Waals surface area contributed by atoms with Crippen molar-refractivity contribution in [3.63, 3.8) is 0 Å². The number of carbonyl (C=O) groups is 2. The van der Waals surface area contributed by atoms with Gasteiger partial charge in [-0.05, 0) is 37.3 Å². The van der Waals surface area contributed by atoms with Crippen LogP contribution in [0.15, 0.2) is 18.2 Å². The van der Waals surface area contributed by atoms with E-state index in [1.54, 1.807) is 6.92 Å². The lowest BCUT2D eigenvalue weighted by Gasteiger charge is -2.39. The van der Waals surface area contributed by atoms with Crippen LogP contribution in [0, 0.1) is 23.5 Å². The summed E-state index contributed by atoms with van der Waals surface area (Å²) in [5.74, 6) is -0.920. The Morgan fingerprint density at radius 2 is 1.70 bits per heavy atom. The van der Waals surface area contributed by atoms with E-state index in [2.05, 4.69) is 24.1 Å². The number of benzene rings is 1. The Morgan fingerprint density at radius 1 is 1.07 bits per heavy atom. The third-order valence-corrected chi connectivity index (χ3v) is 6.10. The molecule has 0 bridgehead atoms. The van der Waals surface area contributed by atoms with E-state index in [1.807, 2.05) is 9.80 Å². The zero-order valence-electron chi connectivity index (χ0n) is 18.0. The molecular formula is C22H32F2N4O2. The van der Waals surface area contributed by atoms with Gasteiger partial charge in [-0.15, -0.1) is 0 Å². The number of piperazine rings is 1. The van der Waals surface area contributed by atoms with Gasteiger partial charge in [0, 0.05) is 51.0 Å². The lowest BCUT2D eigenvalue weighted by molar-refractivity contribution is -0.136. The highest BCUT2D eigenvalue weighted by molar-refractivity contribution is 5.94. The van der Waals surface area contributed by atoms with Gasteiger partial charge in [-0.3, -0.25) is 19.4 Å². The van der Waals surface area contributed by atoms with Crippen molar-refractivity contribution in [1.82, 2.24) is 14.7 Å². The van der Waals surface area contributed by atoms with E-state index in [4.69, 9.17) is 0 Å². The summed E-state index contributed by atoms with van der Waals surface area (Å²) in [6, 6.07) is 2.91. The first-order valence-corrected chi connectivity index (χ1v) is 10.7. The largest absolute Gasteiger partial charge is 0.341 e. The molecule has 0 radical (unpaired) electrons. The minimum Gasteiger partial charge on any atom is -0.341 e. The Morgan fingerprint density at radius 3 is 2.30 bits per heavy atom. The first-order chi connectivity index (χ1) is 14.2. The average molecular weight is 423 g/mol. The number of likely N-dealkylation sites (tertiary alicyclic amines) is 1. The van der Waals surface area contributed by atoms with Crippen molar-refractivity contribution in [3.05, 3.63) is 29.8 Å². The number of halogens is 2. The van der Waals surface area contributed by atoms with E-state index >= 15 is 0 Å². The Hall–Kier alpha value is -2.06. The van der Waals surface area contributed by atoms with Crippen LogP contribution in [-0.4, -0.2) is 78.4 Å². The molecule has 2 amide bonds. The normalized spacial score (nSPS) is 24.5. The van der Waals surface area contributed by atoms with E-state index in [1.165, 1.54) is 12.5 Å². The van der Waals surface area contributed by atoms with E-state index in [0.29, 0.717) is 44.6 Å². The molecule has 166 valence electrons. The summed E-state index contributed by atoms with van der Waals surface area (Å²) in [7, 11) is 0. The molecule has 1 aromatic carbocycles. The number of piperidine rings is 1. The maximum absolute atomic E-state index is 13.3. The van der Waals surface area contributed by atoms with Gasteiger partial charge < -0.3 is 10.2 Å². The fourth-order valence-corrected chi connectivity index (χ4v) is 4.45. The van der Waals surface area contributed by atoms with Crippen LogP contribution in [-0.2, 0) is 9.59 Å². The summed E-state index contributed by atoms with van der Waals surface area (Å²) in [6.07, 6.45) is 1.17. The molecule has 3 atom stereocenters. The van der Waals surface area contributed by atoms with E-state index in [-0.39, 0.29) is 17.5 Å². The topological polar surface area (TPSA) is 55.9 Å². The predicted octanol–water partition coefficient (Wildman–Crippen LogP) is 2.41. The van der Waals surface area contributed by atoms with Crippen molar-refractivity contribution < 1.29 is 18.4 Å². The zero-order chi connectivity index (χ0) is 21.8. The number of nitrogens with one attached hydrogen (secondary N) is 1. The van der Waals surface area contributed by atoms with Gasteiger partial charge in [0.1, 0.15) is 0 Å². The van der Waals surface area contributed by atoms with E-state index < -0.39 is 17.7 Å². The number of hydrogen-bond acceptors (Lipinski definition) is 4. The average Bonchev–Trinajstić information content (AvgIpc) is 2.70. The van der Waals surface area contributed by atoms with Crippen LogP contribution in [0.2, 0.25) is 0 Å². The quantitative estimate of drug-likeness (QED) is 0.792. The van der Waals surface area contributed by atoms with Crippen LogP contribution in [0.25, 0.3) is 0 Å². The number of nitrogens with zero attached hydrogens (tertiary/aromatic N) is 3. The maximum Gasteiger partial charge on any atom is 0.241 e. The summed E-state index contributed by atoms with van der Waals surface area (Å²) < 4.78 is 26.4. The lowest BCUT2D eigenvalue weighted by atomic mass is 9.92. The molecule has 1 aromatic rings. The minimum absolute atomic E-state index is 0.186. The second kappa shape index (κ2) is 9.83. The third kappa shape index (κ3) is 5.76. The molecule has 0 aromatic heterocycles. The van der Waals surface area contributed by atoms with Gasteiger partial charge in [-0.2, -0.15) is 0 Å². The Balaban J connectivity index is 1.45. The van der Waals surface area contributed by atoms with Crippen LogP contribution in [0.5, 0.6) is 0 Å². The first-order valence-electron chi connectivity index (χ1n) is 10.7. The molecule has 3 rings (SSSR count). The Bertz CT molecular complexity index is 758. The minimum atomic E-state index is -0.990. The molecule has 3 unspecified atom stereocenters. The maximum atomic E-state index is 13.3. The number of amides is 2. The van der Waals surface area contributed by atoms with Gasteiger partial charge in [-0.25, -0.2) is 8.78 Å². The molecular weight excluding hydrogens is 390 g/mol. The smallest absolute Gasteiger partial charge is 0.241 e. The molecule has 2 aliphatic heterocycles. The molecule has 2 saturated heterocycles. The number of anilines is 1. The van der Waals surface area contributed by atoms with Gasteiger partial charge in [-0.1, -0.05) is 13.8 Å². The van der Waals surface area contributed by atoms with Crippen LogP contribution in [0.3, 0.4) is 0 Å². The van der Waals surface area contributed by atoms with Crippen LogP contribution < -0.4 is 5.32 Å². The van der Waals surface area contributed by atoms with Crippen molar-refractivity contribution in [2.75, 3.05) is 51.1 Å². The second-order valence-corrected chi connectivity index (χ2v) is 8.85. The highest BCUT2D eigenvalue weighted by atomic mass is 19.2. The molecule has 0 aliphatic carbocycles. The van der Waals surface area contributed by atoms with Crippen LogP contribution >= 0.6 is 0 Å². The highest BCUT2D eigenvalue weighted by Gasteiger charge is 2.29.